The smallest absolute Gasteiger partial charge is 0.252 e. The predicted octanol–water partition coefficient (Wildman–Crippen LogP) is 2.60. The highest BCUT2D eigenvalue weighted by Gasteiger charge is 2.49. The second kappa shape index (κ2) is 7.93. The summed E-state index contributed by atoms with van der Waals surface area (Å²) >= 11 is 1.52. The van der Waals surface area contributed by atoms with Crippen LogP contribution in [0.3, 0.4) is 0 Å². The first-order chi connectivity index (χ1) is 13.8. The summed E-state index contributed by atoms with van der Waals surface area (Å²) < 4.78 is 13.9. The Morgan fingerprint density at radius 1 is 1.21 bits per heavy atom. The van der Waals surface area contributed by atoms with E-state index < -0.39 is 0 Å². The molecular formula is C20H26N4O3S. The molecule has 2 aromatic heterocycles. The summed E-state index contributed by atoms with van der Waals surface area (Å²) in [6.07, 6.45) is 9.49. The largest absolute Gasteiger partial charge is 0.371 e. The van der Waals surface area contributed by atoms with Gasteiger partial charge in [0, 0.05) is 17.1 Å². The lowest BCUT2D eigenvalue weighted by atomic mass is 9.86. The summed E-state index contributed by atoms with van der Waals surface area (Å²) in [5, 5.41) is 15.6. The normalized spacial score (nSPS) is 30.4. The zero-order valence-electron chi connectivity index (χ0n) is 15.8. The van der Waals surface area contributed by atoms with Crippen LogP contribution in [0.15, 0.2) is 23.0 Å². The molecule has 1 N–H and O–H groups in total. The van der Waals surface area contributed by atoms with Crippen molar-refractivity contribution >= 4 is 17.2 Å². The first-order valence-corrected chi connectivity index (χ1v) is 11.2. The summed E-state index contributed by atoms with van der Waals surface area (Å²) in [5.74, 6) is 0.670. The van der Waals surface area contributed by atoms with Gasteiger partial charge in [-0.1, -0.05) is 37.3 Å². The van der Waals surface area contributed by atoms with Crippen LogP contribution in [0.5, 0.6) is 0 Å². The summed E-state index contributed by atoms with van der Waals surface area (Å²) in [6, 6.07) is 1.71. The first kappa shape index (κ1) is 18.3. The number of amides is 1. The minimum Gasteiger partial charge on any atom is -0.371 e. The van der Waals surface area contributed by atoms with Crippen LogP contribution in [0.1, 0.15) is 54.2 Å². The molecule has 1 aliphatic carbocycles. The third-order valence-corrected chi connectivity index (χ3v) is 6.93. The Balaban J connectivity index is 1.21. The number of ether oxygens (including phenoxy) is 2. The lowest BCUT2D eigenvalue weighted by Crippen LogP contribution is -2.44. The van der Waals surface area contributed by atoms with Crippen molar-refractivity contribution in [3.63, 3.8) is 0 Å². The molecule has 7 nitrogen and oxygen atoms in total. The van der Waals surface area contributed by atoms with Gasteiger partial charge in [0.15, 0.2) is 0 Å². The summed E-state index contributed by atoms with van der Waals surface area (Å²) in [6.45, 7) is 0.998. The maximum absolute atomic E-state index is 12.4. The molecular weight excluding hydrogens is 376 g/mol. The number of carbonyl (C=O) groups is 1. The third-order valence-electron chi connectivity index (χ3n) is 6.25. The van der Waals surface area contributed by atoms with Gasteiger partial charge in [0.05, 0.1) is 24.9 Å². The summed E-state index contributed by atoms with van der Waals surface area (Å²) in [5.41, 5.74) is 1.75. The fourth-order valence-electron chi connectivity index (χ4n) is 4.73. The standard InChI is InChI=1S/C20H26N4O3S/c25-20(14-6-7-28-12-14)21-16-10-26-19-17(11-27-18(16)19)24-9-15(22-23-24)8-13-4-2-1-3-5-13/h6-7,9,12-13,16-19H,1-5,8,10-11H2,(H,21,25). The van der Waals surface area contributed by atoms with Gasteiger partial charge in [-0.05, 0) is 23.8 Å². The number of carbonyl (C=O) groups excluding carboxylic acids is 1. The fraction of sp³-hybridized carbons (Fsp3) is 0.650. The van der Waals surface area contributed by atoms with E-state index in [0.717, 1.165) is 18.0 Å². The van der Waals surface area contributed by atoms with E-state index in [1.165, 1.54) is 43.4 Å². The van der Waals surface area contributed by atoms with Gasteiger partial charge in [-0.3, -0.25) is 4.79 Å². The molecule has 3 fully saturated rings. The summed E-state index contributed by atoms with van der Waals surface area (Å²) in [4.78, 5) is 12.4. The molecule has 28 heavy (non-hydrogen) atoms. The van der Waals surface area contributed by atoms with Crippen molar-refractivity contribution in [1.29, 1.82) is 0 Å². The highest BCUT2D eigenvalue weighted by Crippen LogP contribution is 2.34. The van der Waals surface area contributed by atoms with Gasteiger partial charge in [-0.25, -0.2) is 4.68 Å². The molecule has 1 amide bonds. The van der Waals surface area contributed by atoms with Crippen LogP contribution >= 0.6 is 11.3 Å². The number of nitrogens with zero attached hydrogens (tertiary/aromatic N) is 3. The second-order valence-corrected chi connectivity index (χ2v) is 8.93. The maximum atomic E-state index is 12.4. The van der Waals surface area contributed by atoms with Crippen LogP contribution in [0.4, 0.5) is 0 Å². The van der Waals surface area contributed by atoms with Crippen molar-refractivity contribution in [2.24, 2.45) is 5.92 Å². The van der Waals surface area contributed by atoms with E-state index in [2.05, 4.69) is 21.8 Å². The highest BCUT2D eigenvalue weighted by atomic mass is 32.1. The number of nitrogens with one attached hydrogen (secondary N) is 1. The molecule has 1 saturated carbocycles. The average Bonchev–Trinajstić information content (AvgIpc) is 3.49. The Bertz CT molecular complexity index is 802. The van der Waals surface area contributed by atoms with Crippen molar-refractivity contribution < 1.29 is 14.3 Å². The molecule has 0 radical (unpaired) electrons. The fourth-order valence-corrected chi connectivity index (χ4v) is 5.37. The number of hydrogen-bond acceptors (Lipinski definition) is 6. The predicted molar refractivity (Wildman–Crippen MR) is 104 cm³/mol. The Morgan fingerprint density at radius 3 is 2.89 bits per heavy atom. The van der Waals surface area contributed by atoms with E-state index in [0.29, 0.717) is 18.8 Å². The number of rotatable bonds is 5. The molecule has 2 saturated heterocycles. The Kier molecular flexibility index (Phi) is 5.17. The molecule has 4 heterocycles. The molecule has 0 spiro atoms. The number of hydrogen-bond donors (Lipinski definition) is 1. The molecule has 2 aromatic rings. The van der Waals surface area contributed by atoms with Gasteiger partial charge in [-0.15, -0.1) is 5.10 Å². The van der Waals surface area contributed by atoms with Crippen molar-refractivity contribution in [2.45, 2.75) is 62.8 Å². The highest BCUT2D eigenvalue weighted by molar-refractivity contribution is 7.08. The second-order valence-electron chi connectivity index (χ2n) is 8.15. The van der Waals surface area contributed by atoms with Crippen LogP contribution in [0.2, 0.25) is 0 Å². The van der Waals surface area contributed by atoms with Crippen molar-refractivity contribution in [3.05, 3.63) is 34.3 Å². The molecule has 0 bridgehead atoms. The quantitative estimate of drug-likeness (QED) is 0.832. The monoisotopic (exact) mass is 402 g/mol. The molecule has 4 atom stereocenters. The minimum absolute atomic E-state index is 0.0145. The number of thiophene rings is 1. The van der Waals surface area contributed by atoms with E-state index in [1.807, 2.05) is 21.5 Å². The van der Waals surface area contributed by atoms with Gasteiger partial charge < -0.3 is 14.8 Å². The van der Waals surface area contributed by atoms with Gasteiger partial charge in [0.25, 0.3) is 5.91 Å². The Morgan fingerprint density at radius 2 is 2.07 bits per heavy atom. The van der Waals surface area contributed by atoms with Crippen LogP contribution in [0.25, 0.3) is 0 Å². The minimum atomic E-state index is -0.140. The number of fused-ring (bicyclic) bond motifs is 1. The molecule has 5 rings (SSSR count). The molecule has 4 unspecified atom stereocenters. The lowest BCUT2D eigenvalue weighted by Gasteiger charge is -2.20. The molecule has 0 aromatic carbocycles. The number of aromatic nitrogens is 3. The first-order valence-electron chi connectivity index (χ1n) is 10.2. The van der Waals surface area contributed by atoms with Crippen molar-refractivity contribution in [3.8, 4) is 0 Å². The van der Waals surface area contributed by atoms with Crippen LogP contribution < -0.4 is 5.32 Å². The van der Waals surface area contributed by atoms with E-state index >= 15 is 0 Å². The van der Waals surface area contributed by atoms with E-state index in [9.17, 15) is 4.79 Å². The average molecular weight is 403 g/mol. The van der Waals surface area contributed by atoms with Crippen LogP contribution in [0, 0.1) is 5.92 Å². The zero-order chi connectivity index (χ0) is 18.9. The van der Waals surface area contributed by atoms with E-state index in [1.54, 1.807) is 0 Å². The maximum Gasteiger partial charge on any atom is 0.252 e. The third kappa shape index (κ3) is 3.60. The topological polar surface area (TPSA) is 78.3 Å². The van der Waals surface area contributed by atoms with Crippen LogP contribution in [-0.4, -0.2) is 52.4 Å². The Labute approximate surface area is 168 Å². The van der Waals surface area contributed by atoms with Crippen molar-refractivity contribution in [1.82, 2.24) is 20.3 Å². The molecule has 2 aliphatic heterocycles. The molecule has 8 heteroatoms. The van der Waals surface area contributed by atoms with Gasteiger partial charge in [-0.2, -0.15) is 11.3 Å². The van der Waals surface area contributed by atoms with E-state index in [4.69, 9.17) is 9.47 Å². The van der Waals surface area contributed by atoms with E-state index in [-0.39, 0.29) is 30.2 Å². The van der Waals surface area contributed by atoms with Gasteiger partial charge in [0.1, 0.15) is 18.2 Å². The van der Waals surface area contributed by atoms with Crippen LogP contribution in [-0.2, 0) is 15.9 Å². The Hall–Kier alpha value is -1.77. The lowest BCUT2D eigenvalue weighted by molar-refractivity contribution is 0.0613. The van der Waals surface area contributed by atoms with Gasteiger partial charge >= 0.3 is 0 Å². The molecule has 3 aliphatic rings. The van der Waals surface area contributed by atoms with Crippen molar-refractivity contribution in [2.75, 3.05) is 13.2 Å². The summed E-state index contributed by atoms with van der Waals surface area (Å²) in [7, 11) is 0. The van der Waals surface area contributed by atoms with Gasteiger partial charge in [0.2, 0.25) is 0 Å². The zero-order valence-corrected chi connectivity index (χ0v) is 16.6. The SMILES string of the molecule is O=C(NC1COC2C1OCC2n1cc(CC2CCCCC2)nn1)c1ccsc1. The molecule has 150 valence electrons.